The fourth-order valence-electron chi connectivity index (χ4n) is 3.23. The van der Waals surface area contributed by atoms with Crippen LogP contribution in [0.4, 0.5) is 11.4 Å². The number of nitrogens with one attached hydrogen (secondary N) is 1. The highest BCUT2D eigenvalue weighted by Crippen LogP contribution is 2.28. The van der Waals surface area contributed by atoms with Crippen LogP contribution in [0.2, 0.25) is 0 Å². The Bertz CT molecular complexity index is 745. The van der Waals surface area contributed by atoms with Crippen molar-refractivity contribution in [3.63, 3.8) is 0 Å². The predicted molar refractivity (Wildman–Crippen MR) is 101 cm³/mol. The molecule has 132 valence electrons. The minimum absolute atomic E-state index is 0.0859. The first kappa shape index (κ1) is 17.3. The molecular formula is C20H25N3O2. The SMILES string of the molecule is COCCCNC(=O)c1cc(N)ccc1N1CCc2ccccc2C1. The van der Waals surface area contributed by atoms with Gasteiger partial charge in [-0.15, -0.1) is 0 Å². The molecule has 0 saturated carbocycles. The van der Waals surface area contributed by atoms with Crippen LogP contribution in [0, 0.1) is 0 Å². The number of nitrogens with two attached hydrogens (primary N) is 1. The van der Waals surface area contributed by atoms with Crippen LogP contribution in [0.25, 0.3) is 0 Å². The number of carbonyl (C=O) groups is 1. The molecule has 0 spiro atoms. The molecule has 0 unspecified atom stereocenters. The summed E-state index contributed by atoms with van der Waals surface area (Å²) in [5, 5.41) is 2.96. The summed E-state index contributed by atoms with van der Waals surface area (Å²) in [6.07, 6.45) is 1.77. The molecule has 1 aliphatic heterocycles. The summed E-state index contributed by atoms with van der Waals surface area (Å²) in [5.41, 5.74) is 10.8. The largest absolute Gasteiger partial charge is 0.399 e. The topological polar surface area (TPSA) is 67.6 Å². The lowest BCUT2D eigenvalue weighted by Gasteiger charge is -2.32. The van der Waals surface area contributed by atoms with Gasteiger partial charge >= 0.3 is 0 Å². The lowest BCUT2D eigenvalue weighted by atomic mass is 9.98. The molecule has 1 aliphatic rings. The number of fused-ring (bicyclic) bond motifs is 1. The number of hydrogen-bond acceptors (Lipinski definition) is 4. The van der Waals surface area contributed by atoms with Gasteiger partial charge in [-0.1, -0.05) is 24.3 Å². The van der Waals surface area contributed by atoms with Crippen LogP contribution < -0.4 is 16.0 Å². The van der Waals surface area contributed by atoms with Crippen molar-refractivity contribution in [1.29, 1.82) is 0 Å². The van der Waals surface area contributed by atoms with Crippen molar-refractivity contribution in [2.24, 2.45) is 0 Å². The molecule has 5 heteroatoms. The average molecular weight is 339 g/mol. The van der Waals surface area contributed by atoms with Crippen molar-refractivity contribution in [1.82, 2.24) is 5.32 Å². The lowest BCUT2D eigenvalue weighted by Crippen LogP contribution is -2.33. The minimum atomic E-state index is -0.0859. The summed E-state index contributed by atoms with van der Waals surface area (Å²) >= 11 is 0. The number of methoxy groups -OCH3 is 1. The molecule has 3 N–H and O–H groups in total. The molecule has 0 atom stereocenters. The predicted octanol–water partition coefficient (Wildman–Crippen LogP) is 2.60. The van der Waals surface area contributed by atoms with Gasteiger partial charge in [0.15, 0.2) is 0 Å². The Labute approximate surface area is 148 Å². The van der Waals surface area contributed by atoms with E-state index in [0.717, 1.165) is 31.6 Å². The first-order valence-electron chi connectivity index (χ1n) is 8.67. The highest BCUT2D eigenvalue weighted by Gasteiger charge is 2.21. The molecule has 1 heterocycles. The van der Waals surface area contributed by atoms with Crippen molar-refractivity contribution < 1.29 is 9.53 Å². The Morgan fingerprint density at radius 2 is 2.04 bits per heavy atom. The fraction of sp³-hybridized carbons (Fsp3) is 0.350. The maximum atomic E-state index is 12.6. The average Bonchev–Trinajstić information content (AvgIpc) is 2.64. The molecule has 2 aromatic rings. The van der Waals surface area contributed by atoms with Crippen LogP contribution in [0.3, 0.4) is 0 Å². The van der Waals surface area contributed by atoms with Gasteiger partial charge in [0.05, 0.1) is 5.56 Å². The number of nitrogen functional groups attached to an aromatic ring is 1. The van der Waals surface area contributed by atoms with Gasteiger partial charge in [-0.3, -0.25) is 4.79 Å². The molecule has 0 bridgehead atoms. The van der Waals surface area contributed by atoms with Crippen LogP contribution in [0.15, 0.2) is 42.5 Å². The van der Waals surface area contributed by atoms with Crippen LogP contribution >= 0.6 is 0 Å². The van der Waals surface area contributed by atoms with Crippen LogP contribution in [-0.2, 0) is 17.7 Å². The standard InChI is InChI=1S/C20H25N3O2/c1-25-12-4-10-22-20(24)18-13-17(21)7-8-19(18)23-11-9-15-5-2-3-6-16(15)14-23/h2-3,5-8,13H,4,9-12,14,21H2,1H3,(H,22,24). The van der Waals surface area contributed by atoms with Crippen LogP contribution in [0.5, 0.6) is 0 Å². The van der Waals surface area contributed by atoms with Gasteiger partial charge in [0, 0.05) is 44.7 Å². The summed E-state index contributed by atoms with van der Waals surface area (Å²) in [7, 11) is 1.66. The van der Waals surface area contributed by atoms with Crippen molar-refractivity contribution in [2.45, 2.75) is 19.4 Å². The monoisotopic (exact) mass is 339 g/mol. The van der Waals surface area contributed by atoms with Crippen molar-refractivity contribution in [2.75, 3.05) is 37.4 Å². The van der Waals surface area contributed by atoms with Gasteiger partial charge in [0.25, 0.3) is 5.91 Å². The molecule has 3 rings (SSSR count). The molecule has 0 saturated heterocycles. The lowest BCUT2D eigenvalue weighted by molar-refractivity contribution is 0.0949. The minimum Gasteiger partial charge on any atom is -0.399 e. The quantitative estimate of drug-likeness (QED) is 0.627. The molecular weight excluding hydrogens is 314 g/mol. The van der Waals surface area contributed by atoms with E-state index in [0.29, 0.717) is 24.4 Å². The first-order chi connectivity index (χ1) is 12.2. The normalized spacial score (nSPS) is 13.4. The number of anilines is 2. The molecule has 0 radical (unpaired) electrons. The smallest absolute Gasteiger partial charge is 0.253 e. The van der Waals surface area contributed by atoms with E-state index in [1.54, 1.807) is 13.2 Å². The number of amides is 1. The third kappa shape index (κ3) is 4.12. The van der Waals surface area contributed by atoms with E-state index in [1.807, 2.05) is 12.1 Å². The van der Waals surface area contributed by atoms with Crippen LogP contribution in [-0.4, -0.2) is 32.7 Å². The molecule has 0 aliphatic carbocycles. The Kier molecular flexibility index (Phi) is 5.56. The van der Waals surface area contributed by atoms with E-state index in [2.05, 4.69) is 34.5 Å². The van der Waals surface area contributed by atoms with Crippen molar-refractivity contribution in [3.8, 4) is 0 Å². The van der Waals surface area contributed by atoms with Crippen molar-refractivity contribution in [3.05, 3.63) is 59.2 Å². The van der Waals surface area contributed by atoms with E-state index in [4.69, 9.17) is 10.5 Å². The Balaban J connectivity index is 1.79. The van der Waals surface area contributed by atoms with E-state index in [1.165, 1.54) is 11.1 Å². The number of carbonyl (C=O) groups excluding carboxylic acids is 1. The second-order valence-corrected chi connectivity index (χ2v) is 6.32. The highest BCUT2D eigenvalue weighted by molar-refractivity contribution is 6.00. The highest BCUT2D eigenvalue weighted by atomic mass is 16.5. The summed E-state index contributed by atoms with van der Waals surface area (Å²) in [6, 6.07) is 14.1. The second-order valence-electron chi connectivity index (χ2n) is 6.32. The zero-order valence-corrected chi connectivity index (χ0v) is 14.6. The molecule has 0 aromatic heterocycles. The molecule has 2 aromatic carbocycles. The number of rotatable bonds is 6. The van der Waals surface area contributed by atoms with Crippen LogP contribution in [0.1, 0.15) is 27.9 Å². The third-order valence-electron chi connectivity index (χ3n) is 4.55. The first-order valence-corrected chi connectivity index (χ1v) is 8.67. The van der Waals surface area contributed by atoms with Gasteiger partial charge in [-0.25, -0.2) is 0 Å². The summed E-state index contributed by atoms with van der Waals surface area (Å²) < 4.78 is 5.02. The van der Waals surface area contributed by atoms with Gasteiger partial charge in [-0.2, -0.15) is 0 Å². The van der Waals surface area contributed by atoms with E-state index < -0.39 is 0 Å². The Morgan fingerprint density at radius 3 is 2.84 bits per heavy atom. The second kappa shape index (κ2) is 8.03. The number of benzene rings is 2. The van der Waals surface area contributed by atoms with Crippen molar-refractivity contribution >= 4 is 17.3 Å². The van der Waals surface area contributed by atoms with E-state index in [-0.39, 0.29) is 5.91 Å². The maximum Gasteiger partial charge on any atom is 0.253 e. The summed E-state index contributed by atoms with van der Waals surface area (Å²) in [6.45, 7) is 2.92. The van der Waals surface area contributed by atoms with Gasteiger partial charge in [0.2, 0.25) is 0 Å². The molecule has 5 nitrogen and oxygen atoms in total. The zero-order valence-electron chi connectivity index (χ0n) is 14.6. The fourth-order valence-corrected chi connectivity index (χ4v) is 3.23. The van der Waals surface area contributed by atoms with Gasteiger partial charge in [0.1, 0.15) is 0 Å². The third-order valence-corrected chi connectivity index (χ3v) is 4.55. The van der Waals surface area contributed by atoms with E-state index in [9.17, 15) is 4.79 Å². The Morgan fingerprint density at radius 1 is 1.24 bits per heavy atom. The molecule has 0 fully saturated rings. The van der Waals surface area contributed by atoms with Gasteiger partial charge < -0.3 is 20.7 Å². The number of nitrogens with zero attached hydrogens (tertiary/aromatic N) is 1. The number of ether oxygens (including phenoxy) is 1. The summed E-state index contributed by atoms with van der Waals surface area (Å²) in [4.78, 5) is 14.9. The maximum absolute atomic E-state index is 12.6. The molecule has 25 heavy (non-hydrogen) atoms. The Hall–Kier alpha value is -2.53. The molecule has 1 amide bonds. The van der Waals surface area contributed by atoms with Gasteiger partial charge in [-0.05, 0) is 42.2 Å². The summed E-state index contributed by atoms with van der Waals surface area (Å²) in [5.74, 6) is -0.0859. The van der Waals surface area contributed by atoms with E-state index >= 15 is 0 Å². The zero-order chi connectivity index (χ0) is 17.6. The number of hydrogen-bond donors (Lipinski definition) is 2.